The summed E-state index contributed by atoms with van der Waals surface area (Å²) in [6.07, 6.45) is 7.59. The predicted octanol–water partition coefficient (Wildman–Crippen LogP) is 3.39. The minimum atomic E-state index is -0.873. The fourth-order valence-electron chi connectivity index (χ4n) is 3.53. The summed E-state index contributed by atoms with van der Waals surface area (Å²) in [5.74, 6) is 2.26. The van der Waals surface area contributed by atoms with Crippen LogP contribution in [0.5, 0.6) is 0 Å². The van der Waals surface area contributed by atoms with Gasteiger partial charge in [0, 0.05) is 18.2 Å². The van der Waals surface area contributed by atoms with Crippen molar-refractivity contribution >= 4 is 17.9 Å². The van der Waals surface area contributed by atoms with Crippen molar-refractivity contribution in [2.45, 2.75) is 71.6 Å². The van der Waals surface area contributed by atoms with Crippen molar-refractivity contribution in [3.8, 4) is 12.3 Å². The number of carbonyl (C=O) groups excluding carboxylic acids is 3. The second kappa shape index (κ2) is 11.0. The third kappa shape index (κ3) is 7.01. The molecule has 7 nitrogen and oxygen atoms in total. The quantitative estimate of drug-likeness (QED) is 0.454. The third-order valence-electron chi connectivity index (χ3n) is 5.26. The number of unbranched alkanes of at least 4 members (excludes halogenated alkanes) is 1. The van der Waals surface area contributed by atoms with E-state index < -0.39 is 17.7 Å². The number of hydrogen-bond acceptors (Lipinski definition) is 4. The number of alkyl carbamates (subject to hydrolysis) is 1. The number of amides is 3. The van der Waals surface area contributed by atoms with E-state index in [9.17, 15) is 14.4 Å². The maximum absolute atomic E-state index is 13.3. The van der Waals surface area contributed by atoms with E-state index in [0.29, 0.717) is 17.7 Å². The van der Waals surface area contributed by atoms with Gasteiger partial charge in [-0.3, -0.25) is 9.59 Å². The topological polar surface area (TPSA) is 87.7 Å². The third-order valence-corrected chi connectivity index (χ3v) is 5.26. The summed E-state index contributed by atoms with van der Waals surface area (Å²) < 4.78 is 5.23. The molecular weight excluding hydrogens is 406 g/mol. The molecule has 0 heterocycles. The molecule has 0 bridgehead atoms. The van der Waals surface area contributed by atoms with Crippen LogP contribution in [0.3, 0.4) is 0 Å². The first-order valence-corrected chi connectivity index (χ1v) is 11.2. The molecular formula is C25H35N3O4. The minimum absolute atomic E-state index is 0.101. The molecule has 3 atom stereocenters. The second-order valence-corrected chi connectivity index (χ2v) is 9.22. The molecule has 1 fully saturated rings. The van der Waals surface area contributed by atoms with E-state index in [0.717, 1.165) is 19.3 Å². The molecule has 3 amide bonds. The van der Waals surface area contributed by atoms with Crippen molar-refractivity contribution in [3.63, 3.8) is 0 Å². The van der Waals surface area contributed by atoms with Gasteiger partial charge >= 0.3 is 6.09 Å². The van der Waals surface area contributed by atoms with E-state index >= 15 is 0 Å². The highest BCUT2D eigenvalue weighted by Gasteiger charge is 2.46. The number of ether oxygens (including phenoxy) is 1. The largest absolute Gasteiger partial charge is 0.444 e. The number of rotatable bonds is 9. The first kappa shape index (κ1) is 25.3. The van der Waals surface area contributed by atoms with E-state index in [-0.39, 0.29) is 30.3 Å². The van der Waals surface area contributed by atoms with Gasteiger partial charge in [-0.15, -0.1) is 6.42 Å². The standard InChI is InChI=1S/C25H35N3O4/c1-7-9-14-26-23(30)22(19-13-11-10-12-18(19)8-2)28(20-15-17(20)3)21(29)16-27-24(31)32-25(4,5)6/h2,10-13,17,20,22H,7,9,14-16H2,1,3-6H3,(H,26,30)(H,27,31). The average Bonchev–Trinajstić information content (AvgIpc) is 3.44. The molecule has 174 valence electrons. The SMILES string of the molecule is C#Cc1ccccc1C(C(=O)NCCCC)N(C(=O)CNC(=O)OC(C)(C)C)C1CC1C. The van der Waals surface area contributed by atoms with Crippen molar-refractivity contribution in [1.29, 1.82) is 0 Å². The van der Waals surface area contributed by atoms with Crippen LogP contribution in [0.1, 0.15) is 71.0 Å². The molecule has 1 aromatic rings. The Bertz CT molecular complexity index is 869. The van der Waals surface area contributed by atoms with Crippen molar-refractivity contribution in [2.24, 2.45) is 5.92 Å². The molecule has 32 heavy (non-hydrogen) atoms. The molecule has 0 radical (unpaired) electrons. The van der Waals surface area contributed by atoms with Gasteiger partial charge in [-0.1, -0.05) is 44.4 Å². The van der Waals surface area contributed by atoms with Gasteiger partial charge in [0.15, 0.2) is 0 Å². The molecule has 0 aromatic heterocycles. The lowest BCUT2D eigenvalue weighted by Crippen LogP contribution is -2.49. The summed E-state index contributed by atoms with van der Waals surface area (Å²) in [5, 5.41) is 5.47. The first-order chi connectivity index (χ1) is 15.1. The lowest BCUT2D eigenvalue weighted by atomic mass is 9.97. The minimum Gasteiger partial charge on any atom is -0.444 e. The Hall–Kier alpha value is -3.01. The Balaban J connectivity index is 2.32. The summed E-state index contributed by atoms with van der Waals surface area (Å²) in [5.41, 5.74) is 0.494. The van der Waals surface area contributed by atoms with Crippen molar-refractivity contribution in [1.82, 2.24) is 15.5 Å². The van der Waals surface area contributed by atoms with E-state index in [2.05, 4.69) is 16.6 Å². The fourth-order valence-corrected chi connectivity index (χ4v) is 3.53. The summed E-state index contributed by atoms with van der Waals surface area (Å²) in [7, 11) is 0. The summed E-state index contributed by atoms with van der Waals surface area (Å²) in [6, 6.07) is 6.19. The summed E-state index contributed by atoms with van der Waals surface area (Å²) in [6.45, 7) is 9.57. The van der Waals surface area contributed by atoms with Gasteiger partial charge in [-0.25, -0.2) is 4.79 Å². The smallest absolute Gasteiger partial charge is 0.408 e. The molecule has 2 rings (SSSR count). The highest BCUT2D eigenvalue weighted by molar-refractivity contribution is 5.91. The maximum Gasteiger partial charge on any atom is 0.408 e. The molecule has 1 saturated carbocycles. The Morgan fingerprint density at radius 2 is 1.91 bits per heavy atom. The first-order valence-electron chi connectivity index (χ1n) is 11.2. The van der Waals surface area contributed by atoms with Gasteiger partial charge in [0.1, 0.15) is 18.2 Å². The van der Waals surface area contributed by atoms with Crippen molar-refractivity contribution in [2.75, 3.05) is 13.1 Å². The monoisotopic (exact) mass is 441 g/mol. The highest BCUT2D eigenvalue weighted by atomic mass is 16.6. The van der Waals surface area contributed by atoms with E-state index in [1.54, 1.807) is 49.9 Å². The molecule has 1 aliphatic carbocycles. The summed E-state index contributed by atoms with van der Waals surface area (Å²) in [4.78, 5) is 40.3. The number of benzene rings is 1. The van der Waals surface area contributed by atoms with Crippen molar-refractivity contribution in [3.05, 3.63) is 35.4 Å². The van der Waals surface area contributed by atoms with Gasteiger partial charge in [0.2, 0.25) is 11.8 Å². The van der Waals surface area contributed by atoms with Crippen molar-refractivity contribution < 1.29 is 19.1 Å². The van der Waals surface area contributed by atoms with Gasteiger partial charge in [-0.2, -0.15) is 0 Å². The van der Waals surface area contributed by atoms with Crippen LogP contribution in [0, 0.1) is 18.3 Å². The fraction of sp³-hybridized carbons (Fsp3) is 0.560. The Kier molecular flexibility index (Phi) is 8.71. The Labute approximate surface area is 191 Å². The Morgan fingerprint density at radius 1 is 1.25 bits per heavy atom. The molecule has 7 heteroatoms. The van der Waals surface area contributed by atoms with Crippen LogP contribution in [-0.4, -0.2) is 47.5 Å². The zero-order chi connectivity index (χ0) is 23.9. The van der Waals surface area contributed by atoms with Crippen LogP contribution in [0.25, 0.3) is 0 Å². The van der Waals surface area contributed by atoms with Crippen LogP contribution in [0.15, 0.2) is 24.3 Å². The normalized spacial score (nSPS) is 18.1. The van der Waals surface area contributed by atoms with Crippen LogP contribution < -0.4 is 10.6 Å². The van der Waals surface area contributed by atoms with Crippen LogP contribution in [0.4, 0.5) is 4.79 Å². The number of terminal acetylenes is 1. The Morgan fingerprint density at radius 3 is 2.47 bits per heavy atom. The molecule has 3 unspecified atom stereocenters. The number of nitrogens with one attached hydrogen (secondary N) is 2. The molecule has 1 aromatic carbocycles. The van der Waals surface area contributed by atoms with E-state index in [1.165, 1.54) is 0 Å². The van der Waals surface area contributed by atoms with Gasteiger partial charge < -0.3 is 20.3 Å². The zero-order valence-electron chi connectivity index (χ0n) is 19.7. The van der Waals surface area contributed by atoms with Gasteiger partial charge in [0.05, 0.1) is 0 Å². The summed E-state index contributed by atoms with van der Waals surface area (Å²) >= 11 is 0. The maximum atomic E-state index is 13.3. The number of hydrogen-bond donors (Lipinski definition) is 2. The molecule has 0 spiro atoms. The average molecular weight is 442 g/mol. The molecule has 2 N–H and O–H groups in total. The van der Waals surface area contributed by atoms with E-state index in [4.69, 9.17) is 11.2 Å². The van der Waals surface area contributed by atoms with Crippen LogP contribution in [-0.2, 0) is 14.3 Å². The molecule has 0 saturated heterocycles. The predicted molar refractivity (Wildman–Crippen MR) is 124 cm³/mol. The van der Waals surface area contributed by atoms with Gasteiger partial charge in [0.25, 0.3) is 0 Å². The molecule has 0 aliphatic heterocycles. The second-order valence-electron chi connectivity index (χ2n) is 9.22. The highest BCUT2D eigenvalue weighted by Crippen LogP contribution is 2.40. The van der Waals surface area contributed by atoms with Gasteiger partial charge in [-0.05, 0) is 51.2 Å². The molecule has 1 aliphatic rings. The van der Waals surface area contributed by atoms with Crippen LogP contribution >= 0.6 is 0 Å². The lowest BCUT2D eigenvalue weighted by molar-refractivity contribution is -0.141. The number of carbonyl (C=O) groups is 3. The van der Waals surface area contributed by atoms with Crippen LogP contribution in [0.2, 0.25) is 0 Å². The number of nitrogens with zero attached hydrogens (tertiary/aromatic N) is 1. The lowest BCUT2D eigenvalue weighted by Gasteiger charge is -2.33. The zero-order valence-corrected chi connectivity index (χ0v) is 19.7. The van der Waals surface area contributed by atoms with E-state index in [1.807, 2.05) is 13.8 Å².